The van der Waals surface area contributed by atoms with E-state index in [2.05, 4.69) is 63.8 Å². The molecular weight excluding hydrogens is 1350 g/mol. The summed E-state index contributed by atoms with van der Waals surface area (Å²) >= 11 is 0. The van der Waals surface area contributed by atoms with Gasteiger partial charge in [-0.05, 0) is 112 Å². The number of esters is 1. The third-order valence-electron chi connectivity index (χ3n) is 19.6. The molecule has 13 amide bonds. The molecule has 30 nitrogen and oxygen atoms in total. The maximum absolute atomic E-state index is 15.0. The van der Waals surface area contributed by atoms with Gasteiger partial charge in [0.2, 0.25) is 70.9 Å². The monoisotopic (exact) mass is 1480 g/mol. The predicted molar refractivity (Wildman–Crippen MR) is 395 cm³/mol. The topological polar surface area (TPSA) is 442 Å². The molecule has 0 bridgehead atoms. The number of nitrogens with zero attached hydrogens (tertiary/aromatic N) is 1. The minimum absolute atomic E-state index is 0.0355. The van der Waals surface area contributed by atoms with Crippen LogP contribution < -0.4 is 69.5 Å². The Morgan fingerprint density at radius 1 is 0.610 bits per heavy atom. The normalized spacial score (nSPS) is 22.8. The largest absolute Gasteiger partial charge is 0.458 e. The van der Waals surface area contributed by atoms with Gasteiger partial charge < -0.3 is 84.3 Å². The van der Waals surface area contributed by atoms with Gasteiger partial charge in [0.15, 0.2) is 0 Å². The van der Waals surface area contributed by atoms with Crippen molar-refractivity contribution in [3.05, 3.63) is 47.7 Å². The number of amides is 13. The quantitative estimate of drug-likeness (QED) is 0.0353. The van der Waals surface area contributed by atoms with Crippen LogP contribution in [0.5, 0.6) is 0 Å². The second kappa shape index (κ2) is 43.8. The molecule has 1 aromatic carbocycles. The van der Waals surface area contributed by atoms with Gasteiger partial charge in [-0.25, -0.2) is 4.79 Å². The van der Waals surface area contributed by atoms with Crippen LogP contribution in [0.25, 0.3) is 0 Å². The zero-order valence-corrected chi connectivity index (χ0v) is 65.2. The van der Waals surface area contributed by atoms with Gasteiger partial charge in [0.25, 0.3) is 5.91 Å². The molecule has 2 aliphatic rings. The average Bonchev–Trinajstić information content (AvgIpc) is 1.80. The lowest BCUT2D eigenvalue weighted by molar-refractivity contribution is -0.157. The zero-order chi connectivity index (χ0) is 79.4. The van der Waals surface area contributed by atoms with Crippen molar-refractivity contribution in [1.29, 1.82) is 0 Å². The van der Waals surface area contributed by atoms with E-state index in [9.17, 15) is 62.6 Å². The smallest absolute Gasteiger partial charge is 0.329 e. The fourth-order valence-corrected chi connectivity index (χ4v) is 12.0. The minimum Gasteiger partial charge on any atom is -0.458 e. The third kappa shape index (κ3) is 27.4. The van der Waals surface area contributed by atoms with Crippen molar-refractivity contribution < 1.29 is 77.0 Å². The lowest BCUT2D eigenvalue weighted by Gasteiger charge is -2.33. The van der Waals surface area contributed by atoms with E-state index in [0.29, 0.717) is 24.8 Å². The molecule has 0 saturated carbocycles. The summed E-state index contributed by atoms with van der Waals surface area (Å²) in [7, 11) is 0. The number of hydrogen-bond acceptors (Lipinski definition) is 17. The van der Waals surface area contributed by atoms with E-state index in [-0.39, 0.29) is 69.1 Å². The van der Waals surface area contributed by atoms with Crippen molar-refractivity contribution in [3.63, 3.8) is 0 Å². The Kier molecular flexibility index (Phi) is 37.8. The van der Waals surface area contributed by atoms with Gasteiger partial charge >= 0.3 is 5.97 Å². The molecule has 1 aromatic rings. The Bertz CT molecular complexity index is 3160. The first-order chi connectivity index (χ1) is 49.3. The van der Waals surface area contributed by atoms with Crippen LogP contribution in [0, 0.1) is 47.3 Å². The van der Waals surface area contributed by atoms with Gasteiger partial charge in [-0.15, -0.1) is 0 Å². The van der Waals surface area contributed by atoms with Crippen LogP contribution in [0.1, 0.15) is 195 Å². The van der Waals surface area contributed by atoms with E-state index in [0.717, 1.165) is 6.42 Å². The van der Waals surface area contributed by atoms with Gasteiger partial charge in [0.1, 0.15) is 84.3 Å². The van der Waals surface area contributed by atoms with Crippen LogP contribution in [0.4, 0.5) is 0 Å². The van der Waals surface area contributed by atoms with Gasteiger partial charge in [-0.3, -0.25) is 62.3 Å². The molecule has 105 heavy (non-hydrogen) atoms. The highest BCUT2D eigenvalue weighted by molar-refractivity contribution is 6.03. The van der Waals surface area contributed by atoms with Gasteiger partial charge in [0, 0.05) is 19.4 Å². The number of hydrogen-bond donors (Lipinski definition) is 14. The first-order valence-corrected chi connectivity index (χ1v) is 37.5. The standard InChI is InChI=1S/C75H124N14O16/c1-20-43(15)33-34-53(91)80-54(38(5)6)68(97)87-61(46(18)90)72(101)82-56(40(9)10)69(98)83-57(41(11)12)74(103)89-36-28-32-52(89)66(95)78-50(31-27-35-76)64(93)85-59(44(16)21-2)71(100)88-62-47(19)105-75(104)58(42(13)14)84-63(92)49(23-4)77-65(94)51(37-48-29-25-24-26-30-48)79-67(96)55(39(7)8)81-70(99)60(45(17)22-3)86-73(62)102/h23-26,29-30,38-47,50-52,54-62,90H,20-22,27-28,31-37,76H2,1-19H3,(H,77,94)(H,78,95)(H,79,96)(H,80,91)(H,81,99)(H,82,101)(H,83,98)(H,84,92)(H,85,93)(H,86,102)(H,87,97)(H,88,100)/b49-23-/t43-,44?,45?,46?,47+,50-,51-,52-,54+,55+,56-,57+,58-,59+,60+,61-,62?/m0/s1. The molecule has 0 aromatic heterocycles. The molecule has 0 spiro atoms. The first-order valence-electron chi connectivity index (χ1n) is 37.5. The summed E-state index contributed by atoms with van der Waals surface area (Å²) in [5, 5.41) is 43.2. The molecule has 590 valence electrons. The number of aliphatic hydroxyl groups excluding tert-OH is 1. The van der Waals surface area contributed by atoms with Crippen LogP contribution in [0.15, 0.2) is 42.1 Å². The zero-order valence-electron chi connectivity index (χ0n) is 65.2. The number of likely N-dealkylation sites (tertiary alicyclic amines) is 1. The predicted octanol–water partition coefficient (Wildman–Crippen LogP) is 1.84. The molecule has 30 heteroatoms. The molecule has 15 N–H and O–H groups in total. The molecule has 2 heterocycles. The Morgan fingerprint density at radius 3 is 1.69 bits per heavy atom. The van der Waals surface area contributed by atoms with E-state index in [1.54, 1.807) is 127 Å². The van der Waals surface area contributed by atoms with E-state index in [1.807, 2.05) is 13.8 Å². The molecule has 2 saturated heterocycles. The summed E-state index contributed by atoms with van der Waals surface area (Å²) in [5.74, 6) is -15.2. The molecule has 2 fully saturated rings. The number of ether oxygens (including phenoxy) is 1. The van der Waals surface area contributed by atoms with Crippen molar-refractivity contribution in [3.8, 4) is 0 Å². The molecule has 17 atom stereocenters. The first kappa shape index (κ1) is 90.7. The van der Waals surface area contributed by atoms with Crippen LogP contribution in [-0.2, 0) is 78.3 Å². The Balaban J connectivity index is 2.00. The number of allylic oxidation sites excluding steroid dienone is 1. The van der Waals surface area contributed by atoms with Crippen molar-refractivity contribution >= 4 is 82.8 Å². The van der Waals surface area contributed by atoms with Crippen LogP contribution >= 0.6 is 0 Å². The SMILES string of the molecule is C/C=C1\NC(=O)[C@H](Cc2ccccc2)NC(=O)[C@@H](C(C)C)NC(=O)[C@@H](C(C)CC)NC(=O)C(NC(=O)[C@H](NC(=O)[C@H](CCCN)NC(=O)[C@@H]2CCCN2C(=O)[C@H](NC(=O)[C@@H](NC(=O)[C@@H](NC(=O)[C@H](NC(=O)CC[C@@H](C)CC)C(C)C)C(C)O)C(C)C)C(C)C)C(C)CC)[C@@H](C)OC(=O)[C@H](C(C)C)NC1=O. The second-order valence-corrected chi connectivity index (χ2v) is 30.0. The molecule has 3 rings (SSSR count). The highest BCUT2D eigenvalue weighted by Gasteiger charge is 2.44. The van der Waals surface area contributed by atoms with E-state index in [4.69, 9.17) is 10.5 Å². The van der Waals surface area contributed by atoms with E-state index < -0.39 is 203 Å². The number of carbonyl (C=O) groups excluding carboxylic acids is 14. The van der Waals surface area contributed by atoms with Gasteiger partial charge in [0.05, 0.1) is 6.10 Å². The molecule has 0 aliphatic carbocycles. The van der Waals surface area contributed by atoms with Crippen molar-refractivity contribution in [2.24, 2.45) is 53.1 Å². The summed E-state index contributed by atoms with van der Waals surface area (Å²) in [6, 6.07) is -7.67. The van der Waals surface area contributed by atoms with Crippen molar-refractivity contribution in [1.82, 2.24) is 68.7 Å². The lowest BCUT2D eigenvalue weighted by Crippen LogP contribution is -2.64. The number of nitrogens with one attached hydrogen (secondary N) is 12. The molecule has 2 aliphatic heterocycles. The minimum atomic E-state index is -1.83. The number of aliphatic hydroxyl groups is 1. The summed E-state index contributed by atoms with van der Waals surface area (Å²) < 4.78 is 5.96. The molecule has 0 radical (unpaired) electrons. The number of benzene rings is 1. The number of rotatable bonds is 33. The van der Waals surface area contributed by atoms with E-state index in [1.165, 1.54) is 31.7 Å². The molecule has 4 unspecified atom stereocenters. The van der Waals surface area contributed by atoms with Gasteiger partial charge in [-0.2, -0.15) is 0 Å². The van der Waals surface area contributed by atoms with Crippen LogP contribution in [-0.4, -0.2) is 191 Å². The fourth-order valence-electron chi connectivity index (χ4n) is 12.0. The van der Waals surface area contributed by atoms with Crippen molar-refractivity contribution in [2.45, 2.75) is 280 Å². The van der Waals surface area contributed by atoms with Crippen LogP contribution in [0.3, 0.4) is 0 Å². The molecular formula is C75H124N14O16. The summed E-state index contributed by atoms with van der Waals surface area (Å²) in [6.07, 6.45) is 1.08. The van der Waals surface area contributed by atoms with E-state index >= 15 is 9.59 Å². The summed E-state index contributed by atoms with van der Waals surface area (Å²) in [5.41, 5.74) is 6.34. The Labute approximate surface area is 620 Å². The highest BCUT2D eigenvalue weighted by atomic mass is 16.5. The Morgan fingerprint density at radius 2 is 1.15 bits per heavy atom. The maximum atomic E-state index is 15.0. The number of nitrogens with two attached hydrogens (primary N) is 1. The van der Waals surface area contributed by atoms with Crippen LogP contribution in [0.2, 0.25) is 0 Å². The second-order valence-electron chi connectivity index (χ2n) is 30.0. The Hall–Kier alpha value is -8.54. The fraction of sp³-hybridized carbons (Fsp3) is 0.707. The highest BCUT2D eigenvalue weighted by Crippen LogP contribution is 2.23. The lowest BCUT2D eigenvalue weighted by atomic mass is 9.95. The summed E-state index contributed by atoms with van der Waals surface area (Å²) in [4.78, 5) is 202. The number of cyclic esters (lactones) is 1. The van der Waals surface area contributed by atoms with Crippen molar-refractivity contribution in [2.75, 3.05) is 13.1 Å². The van der Waals surface area contributed by atoms with Gasteiger partial charge in [-0.1, -0.05) is 166 Å². The third-order valence-corrected chi connectivity index (χ3v) is 19.6. The summed E-state index contributed by atoms with van der Waals surface area (Å²) in [6.45, 7) is 31.7. The maximum Gasteiger partial charge on any atom is 0.329 e. The number of carbonyl (C=O) groups is 14. The average molecular weight is 1480 g/mol.